The van der Waals surface area contributed by atoms with E-state index >= 15 is 0 Å². The van der Waals surface area contributed by atoms with Crippen LogP contribution in [0, 0.1) is 5.41 Å². The molecule has 0 aromatic heterocycles. The van der Waals surface area contributed by atoms with E-state index in [1.165, 1.54) is 20.8 Å². The predicted molar refractivity (Wildman–Crippen MR) is 52.1 cm³/mol. The molecule has 0 aliphatic heterocycles. The Bertz CT molecular complexity index is 251. The first-order chi connectivity index (χ1) is 6.78. The summed E-state index contributed by atoms with van der Waals surface area (Å²) in [6, 6.07) is 0. The lowest BCUT2D eigenvalue weighted by molar-refractivity contribution is -0.154. The number of ketones is 1. The van der Waals surface area contributed by atoms with Crippen LogP contribution < -0.4 is 0 Å². The minimum atomic E-state index is -0.961. The van der Waals surface area contributed by atoms with Crippen LogP contribution in [0.1, 0.15) is 27.7 Å². The van der Waals surface area contributed by atoms with E-state index in [4.69, 9.17) is 9.47 Å². The molecular formula is C10H16O5. The van der Waals surface area contributed by atoms with E-state index in [1.54, 1.807) is 6.92 Å². The fraction of sp³-hybridized carbons (Fsp3) is 0.700. The highest BCUT2D eigenvalue weighted by Gasteiger charge is 2.32. The van der Waals surface area contributed by atoms with Gasteiger partial charge in [0, 0.05) is 13.8 Å². The van der Waals surface area contributed by atoms with Crippen molar-refractivity contribution in [3.8, 4) is 0 Å². The number of carbonyl (C=O) groups excluding carboxylic acids is 3. The first-order valence-corrected chi connectivity index (χ1v) is 4.56. The Morgan fingerprint density at radius 3 is 1.47 bits per heavy atom. The third kappa shape index (κ3) is 5.15. The van der Waals surface area contributed by atoms with Crippen molar-refractivity contribution in [1.82, 2.24) is 0 Å². The summed E-state index contributed by atoms with van der Waals surface area (Å²) >= 11 is 0. The Morgan fingerprint density at radius 2 is 1.27 bits per heavy atom. The van der Waals surface area contributed by atoms with Gasteiger partial charge in [-0.1, -0.05) is 0 Å². The molecular weight excluding hydrogens is 200 g/mol. The fourth-order valence-corrected chi connectivity index (χ4v) is 0.767. The van der Waals surface area contributed by atoms with Crippen molar-refractivity contribution in [2.24, 2.45) is 5.41 Å². The summed E-state index contributed by atoms with van der Waals surface area (Å²) < 4.78 is 9.50. The molecule has 0 aliphatic carbocycles. The number of Topliss-reactive ketones (excluding diaryl/α,β-unsaturated/α-hetero) is 1. The van der Waals surface area contributed by atoms with Gasteiger partial charge >= 0.3 is 11.9 Å². The summed E-state index contributed by atoms with van der Waals surface area (Å²) in [6.07, 6.45) is 0. The van der Waals surface area contributed by atoms with Crippen LogP contribution in [0.4, 0.5) is 0 Å². The molecule has 0 saturated heterocycles. The minimum Gasteiger partial charge on any atom is -0.465 e. The third-order valence-electron chi connectivity index (χ3n) is 2.04. The topological polar surface area (TPSA) is 69.7 Å². The second kappa shape index (κ2) is 5.48. The van der Waals surface area contributed by atoms with E-state index in [1.807, 2.05) is 0 Å². The van der Waals surface area contributed by atoms with E-state index in [9.17, 15) is 14.4 Å². The Morgan fingerprint density at radius 1 is 0.933 bits per heavy atom. The summed E-state index contributed by atoms with van der Waals surface area (Å²) in [5.74, 6) is -1.12. The molecule has 0 aromatic carbocycles. The van der Waals surface area contributed by atoms with Crippen LogP contribution in [-0.2, 0) is 23.9 Å². The average molecular weight is 216 g/mol. The van der Waals surface area contributed by atoms with Crippen LogP contribution in [0.25, 0.3) is 0 Å². The Kier molecular flexibility index (Phi) is 4.97. The van der Waals surface area contributed by atoms with Crippen molar-refractivity contribution >= 4 is 17.7 Å². The van der Waals surface area contributed by atoms with Gasteiger partial charge in [-0.2, -0.15) is 0 Å². The first-order valence-electron chi connectivity index (χ1n) is 4.56. The monoisotopic (exact) mass is 216 g/mol. The van der Waals surface area contributed by atoms with Crippen molar-refractivity contribution in [2.75, 3.05) is 13.2 Å². The van der Waals surface area contributed by atoms with Gasteiger partial charge in [-0.3, -0.25) is 14.4 Å². The molecule has 0 fully saturated rings. The zero-order chi connectivity index (χ0) is 12.1. The molecule has 5 nitrogen and oxygen atoms in total. The maximum atomic E-state index is 11.3. The van der Waals surface area contributed by atoms with Gasteiger partial charge in [-0.05, 0) is 13.8 Å². The summed E-state index contributed by atoms with van der Waals surface area (Å²) in [4.78, 5) is 32.5. The second-order valence-corrected chi connectivity index (χ2v) is 3.68. The van der Waals surface area contributed by atoms with Crippen LogP contribution in [0.5, 0.6) is 0 Å². The van der Waals surface area contributed by atoms with Crippen LogP contribution in [0.15, 0.2) is 0 Å². The number of esters is 2. The first kappa shape index (κ1) is 13.6. The maximum absolute atomic E-state index is 11.3. The molecule has 0 atom stereocenters. The van der Waals surface area contributed by atoms with Gasteiger partial charge in [0.2, 0.25) is 0 Å². The molecule has 0 aliphatic rings. The lowest BCUT2D eigenvalue weighted by atomic mass is 9.88. The zero-order valence-electron chi connectivity index (χ0n) is 9.46. The van der Waals surface area contributed by atoms with Crippen molar-refractivity contribution in [3.63, 3.8) is 0 Å². The van der Waals surface area contributed by atoms with E-state index < -0.39 is 17.4 Å². The van der Waals surface area contributed by atoms with E-state index in [0.29, 0.717) is 0 Å². The molecule has 0 radical (unpaired) electrons. The van der Waals surface area contributed by atoms with E-state index in [-0.39, 0.29) is 19.0 Å². The number of hydrogen-bond acceptors (Lipinski definition) is 5. The average Bonchev–Trinajstić information content (AvgIpc) is 2.11. The SMILES string of the molecule is CC(=O)OCC(C)(COC(C)=O)C(C)=O. The van der Waals surface area contributed by atoms with Crippen molar-refractivity contribution in [2.45, 2.75) is 27.7 Å². The molecule has 0 unspecified atom stereocenters. The number of carbonyl (C=O) groups is 3. The molecule has 0 aromatic rings. The molecule has 0 rings (SSSR count). The quantitative estimate of drug-likeness (QED) is 0.633. The van der Waals surface area contributed by atoms with E-state index in [0.717, 1.165) is 0 Å². The van der Waals surface area contributed by atoms with Gasteiger partial charge < -0.3 is 9.47 Å². The van der Waals surface area contributed by atoms with Gasteiger partial charge in [0.15, 0.2) is 0 Å². The summed E-state index contributed by atoms with van der Waals surface area (Å²) in [5.41, 5.74) is -0.961. The van der Waals surface area contributed by atoms with Gasteiger partial charge in [0.1, 0.15) is 19.0 Å². The molecule has 0 amide bonds. The van der Waals surface area contributed by atoms with Crippen molar-refractivity contribution < 1.29 is 23.9 Å². The fourth-order valence-electron chi connectivity index (χ4n) is 0.767. The highest BCUT2D eigenvalue weighted by molar-refractivity contribution is 5.83. The highest BCUT2D eigenvalue weighted by Crippen LogP contribution is 2.19. The van der Waals surface area contributed by atoms with Gasteiger partial charge in [-0.15, -0.1) is 0 Å². The number of ether oxygens (including phenoxy) is 2. The molecule has 0 N–H and O–H groups in total. The molecule has 0 spiro atoms. The third-order valence-corrected chi connectivity index (χ3v) is 2.04. The van der Waals surface area contributed by atoms with Crippen LogP contribution >= 0.6 is 0 Å². The Labute approximate surface area is 88.7 Å². The summed E-state index contributed by atoms with van der Waals surface area (Å²) in [5, 5.41) is 0. The number of rotatable bonds is 5. The molecule has 0 bridgehead atoms. The Balaban J connectivity index is 4.38. The molecule has 86 valence electrons. The molecule has 0 saturated carbocycles. The van der Waals surface area contributed by atoms with Crippen molar-refractivity contribution in [3.05, 3.63) is 0 Å². The normalized spacial score (nSPS) is 10.7. The minimum absolute atomic E-state index is 0.0784. The lowest BCUT2D eigenvalue weighted by Crippen LogP contribution is -2.37. The highest BCUT2D eigenvalue weighted by atomic mass is 16.5. The summed E-state index contributed by atoms with van der Waals surface area (Å²) in [6.45, 7) is 5.31. The van der Waals surface area contributed by atoms with Crippen molar-refractivity contribution in [1.29, 1.82) is 0 Å². The van der Waals surface area contributed by atoms with E-state index in [2.05, 4.69) is 0 Å². The maximum Gasteiger partial charge on any atom is 0.302 e. The summed E-state index contributed by atoms with van der Waals surface area (Å²) in [7, 11) is 0. The standard InChI is InChI=1S/C10H16O5/c1-7(11)10(4,5-14-8(2)12)6-15-9(3)13/h5-6H2,1-4H3. The van der Waals surface area contributed by atoms with Crippen LogP contribution in [0.3, 0.4) is 0 Å². The molecule has 15 heavy (non-hydrogen) atoms. The van der Waals surface area contributed by atoms with Crippen LogP contribution in [-0.4, -0.2) is 30.9 Å². The van der Waals surface area contributed by atoms with Crippen LogP contribution in [0.2, 0.25) is 0 Å². The smallest absolute Gasteiger partial charge is 0.302 e. The van der Waals surface area contributed by atoms with Gasteiger partial charge in [0.05, 0.1) is 5.41 Å². The molecule has 0 heterocycles. The van der Waals surface area contributed by atoms with Gasteiger partial charge in [-0.25, -0.2) is 0 Å². The second-order valence-electron chi connectivity index (χ2n) is 3.68. The zero-order valence-corrected chi connectivity index (χ0v) is 9.46. The largest absolute Gasteiger partial charge is 0.465 e. The molecule has 5 heteroatoms. The number of hydrogen-bond donors (Lipinski definition) is 0. The lowest BCUT2D eigenvalue weighted by Gasteiger charge is -2.24. The van der Waals surface area contributed by atoms with Gasteiger partial charge in [0.25, 0.3) is 0 Å². The predicted octanol–water partition coefficient (Wildman–Crippen LogP) is 0.708. The Hall–Kier alpha value is -1.39.